The van der Waals surface area contributed by atoms with Gasteiger partial charge in [0.25, 0.3) is 11.8 Å². The van der Waals surface area contributed by atoms with Crippen molar-refractivity contribution < 1.29 is 9.59 Å². The van der Waals surface area contributed by atoms with E-state index in [0.29, 0.717) is 36.1 Å². The lowest BCUT2D eigenvalue weighted by Gasteiger charge is -2.29. The average molecular weight is 1050 g/mol. The summed E-state index contributed by atoms with van der Waals surface area (Å²) in [5.74, 6) is 0.902. The Morgan fingerprint density at radius 2 is 0.764 bits per heavy atom. The van der Waals surface area contributed by atoms with Crippen LogP contribution in [0.4, 0.5) is 0 Å². The van der Waals surface area contributed by atoms with Crippen LogP contribution in [-0.2, 0) is 9.59 Å². The van der Waals surface area contributed by atoms with Crippen molar-refractivity contribution in [3.8, 4) is 9.75 Å². The van der Waals surface area contributed by atoms with Gasteiger partial charge in [-0.25, -0.2) is 0 Å². The minimum Gasteiger partial charge on any atom is -0.306 e. The summed E-state index contributed by atoms with van der Waals surface area (Å²) in [5, 5.41) is 4.24. The monoisotopic (exact) mass is 1050 g/mol. The molecule has 6 rings (SSSR count). The Labute approximate surface area is 454 Å². The molecule has 2 unspecified atom stereocenters. The van der Waals surface area contributed by atoms with Crippen LogP contribution >= 0.6 is 45.3 Å². The minimum absolute atomic E-state index is 0.0470. The Kier molecular flexibility index (Phi) is 27.3. The Balaban J connectivity index is 1.31. The Hall–Kier alpha value is -3.04. The highest BCUT2D eigenvalue weighted by molar-refractivity contribution is 7.23. The van der Waals surface area contributed by atoms with E-state index in [9.17, 15) is 0 Å². The van der Waals surface area contributed by atoms with E-state index in [1.807, 2.05) is 11.3 Å². The molecule has 0 saturated carbocycles. The van der Waals surface area contributed by atoms with Gasteiger partial charge in [-0.2, -0.15) is 0 Å². The lowest BCUT2D eigenvalue weighted by Crippen LogP contribution is -2.34. The van der Waals surface area contributed by atoms with E-state index in [-0.39, 0.29) is 11.8 Å². The van der Waals surface area contributed by atoms with E-state index in [4.69, 9.17) is 0 Å². The van der Waals surface area contributed by atoms with Gasteiger partial charge in [-0.05, 0) is 96.8 Å². The molecule has 4 aromatic heterocycles. The zero-order chi connectivity index (χ0) is 50.6. The first kappa shape index (κ1) is 58.2. The summed E-state index contributed by atoms with van der Waals surface area (Å²) in [5.41, 5.74) is 3.09. The van der Waals surface area contributed by atoms with Gasteiger partial charge in [-0.15, -0.1) is 45.3 Å². The number of nitrogens with zero attached hydrogens (tertiary/aromatic N) is 2. The average Bonchev–Trinajstić information content (AvgIpc) is 4.27. The van der Waals surface area contributed by atoms with Crippen molar-refractivity contribution in [2.45, 2.75) is 233 Å². The van der Waals surface area contributed by atoms with Crippen molar-refractivity contribution in [1.82, 2.24) is 9.80 Å². The van der Waals surface area contributed by atoms with Crippen molar-refractivity contribution in [3.63, 3.8) is 0 Å². The Bertz CT molecular complexity index is 2200. The maximum Gasteiger partial charge on any atom is 0.261 e. The number of hydrogen-bond donors (Lipinski definition) is 0. The van der Waals surface area contributed by atoms with E-state index in [0.717, 1.165) is 46.8 Å². The minimum atomic E-state index is 0.0470. The molecule has 2 atom stereocenters. The summed E-state index contributed by atoms with van der Waals surface area (Å²) in [6.07, 6.45) is 45.2. The van der Waals surface area contributed by atoms with E-state index in [2.05, 4.69) is 109 Å². The molecule has 2 amide bonds. The number of hydrogen-bond acceptors (Lipinski definition) is 6. The number of rotatable bonds is 41. The number of carbonyl (C=O) groups excluding carboxylic acids is 2. The molecule has 4 nitrogen and oxygen atoms in total. The summed E-state index contributed by atoms with van der Waals surface area (Å²) in [6, 6.07) is 17.4. The van der Waals surface area contributed by atoms with Gasteiger partial charge in [-0.1, -0.05) is 220 Å². The SMILES string of the molecule is CCCCCCCCCCC(CCCCCCCC)CN1C(=O)C2=C(c3ccc(-c4ccc(/C=C/c5cccs5)s4)s3)N(CC(CCCCCCCC)CCCCCCCCCC)C(=O)C2=C1c1cccs1. The number of fused-ring (bicyclic) bond motifs is 1. The first-order valence-electron chi connectivity index (χ1n) is 29.6. The summed E-state index contributed by atoms with van der Waals surface area (Å²) < 4.78 is 0. The summed E-state index contributed by atoms with van der Waals surface area (Å²) in [6.45, 7) is 10.6. The second-order valence-electron chi connectivity index (χ2n) is 21.3. The van der Waals surface area contributed by atoms with Gasteiger partial charge in [0, 0.05) is 32.6 Å². The van der Waals surface area contributed by atoms with Crippen LogP contribution in [0.15, 0.2) is 70.4 Å². The third-order valence-corrected chi connectivity index (χ3v) is 19.4. The fraction of sp³-hybridized carbons (Fsp3) is 0.625. The first-order chi connectivity index (χ1) is 35.5. The zero-order valence-corrected chi connectivity index (χ0v) is 48.7. The molecule has 0 spiro atoms. The first-order valence-corrected chi connectivity index (χ1v) is 32.9. The molecule has 6 heterocycles. The van der Waals surface area contributed by atoms with Crippen molar-refractivity contribution in [1.29, 1.82) is 0 Å². The van der Waals surface area contributed by atoms with Crippen molar-refractivity contribution >= 4 is 80.7 Å². The van der Waals surface area contributed by atoms with Gasteiger partial charge >= 0.3 is 0 Å². The van der Waals surface area contributed by atoms with Crippen LogP contribution in [0.3, 0.4) is 0 Å². The summed E-state index contributed by atoms with van der Waals surface area (Å²) in [7, 11) is 0. The topological polar surface area (TPSA) is 40.6 Å². The van der Waals surface area contributed by atoms with Crippen LogP contribution in [0.5, 0.6) is 0 Å². The molecule has 8 heteroatoms. The highest BCUT2D eigenvalue weighted by atomic mass is 32.1. The smallest absolute Gasteiger partial charge is 0.261 e. The lowest BCUT2D eigenvalue weighted by atomic mass is 9.93. The number of thiophene rings is 4. The predicted molar refractivity (Wildman–Crippen MR) is 320 cm³/mol. The fourth-order valence-electron chi connectivity index (χ4n) is 11.1. The molecule has 0 radical (unpaired) electrons. The van der Waals surface area contributed by atoms with Gasteiger partial charge in [0.05, 0.1) is 32.3 Å². The van der Waals surface area contributed by atoms with Crippen molar-refractivity contribution in [2.75, 3.05) is 13.1 Å². The largest absolute Gasteiger partial charge is 0.306 e. The molecule has 0 bridgehead atoms. The van der Waals surface area contributed by atoms with Gasteiger partial charge < -0.3 is 9.80 Å². The molecule has 0 saturated heterocycles. The maximum absolute atomic E-state index is 15.7. The molecule has 0 fully saturated rings. The van der Waals surface area contributed by atoms with Crippen LogP contribution in [0.1, 0.15) is 253 Å². The van der Waals surface area contributed by atoms with Gasteiger partial charge in [0.2, 0.25) is 0 Å². The predicted octanol–water partition coefficient (Wildman–Crippen LogP) is 21.4. The molecule has 2 aliphatic rings. The van der Waals surface area contributed by atoms with E-state index < -0.39 is 0 Å². The Morgan fingerprint density at radius 1 is 0.389 bits per heavy atom. The molecule has 4 aromatic rings. The highest BCUT2D eigenvalue weighted by Crippen LogP contribution is 2.50. The number of unbranched alkanes of at least 4 members (excludes halogenated alkanes) is 24. The molecule has 72 heavy (non-hydrogen) atoms. The molecule has 2 aliphatic heterocycles. The van der Waals surface area contributed by atoms with Gasteiger partial charge in [0.15, 0.2) is 0 Å². The van der Waals surface area contributed by atoms with Crippen LogP contribution in [0, 0.1) is 11.8 Å². The second-order valence-corrected chi connectivity index (χ2v) is 25.5. The quantitative estimate of drug-likeness (QED) is 0.0416. The van der Waals surface area contributed by atoms with Crippen LogP contribution in [0.2, 0.25) is 0 Å². The summed E-state index contributed by atoms with van der Waals surface area (Å²) >= 11 is 7.00. The van der Waals surface area contributed by atoms with Crippen LogP contribution in [-0.4, -0.2) is 34.7 Å². The molecule has 0 aliphatic carbocycles. The summed E-state index contributed by atoms with van der Waals surface area (Å²) in [4.78, 5) is 42.6. The normalized spacial score (nSPS) is 14.9. The lowest BCUT2D eigenvalue weighted by molar-refractivity contribution is -0.124. The van der Waals surface area contributed by atoms with Gasteiger partial charge in [-0.3, -0.25) is 9.59 Å². The third kappa shape index (κ3) is 18.4. The fourth-order valence-corrected chi connectivity index (χ4v) is 14.6. The molecular weight excluding hydrogens is 957 g/mol. The molecule has 396 valence electrons. The van der Waals surface area contributed by atoms with Crippen LogP contribution in [0.25, 0.3) is 33.3 Å². The zero-order valence-electron chi connectivity index (χ0n) is 45.5. The Morgan fingerprint density at radius 3 is 1.19 bits per heavy atom. The molecule has 0 aromatic carbocycles. The van der Waals surface area contributed by atoms with Gasteiger partial charge in [0.1, 0.15) is 0 Å². The van der Waals surface area contributed by atoms with E-state index in [1.54, 1.807) is 34.0 Å². The van der Waals surface area contributed by atoms with E-state index in [1.165, 1.54) is 199 Å². The molecular formula is C64H94N2O2S4. The van der Waals surface area contributed by atoms with Crippen molar-refractivity contribution in [3.05, 3.63) is 89.9 Å². The third-order valence-electron chi connectivity index (χ3n) is 15.3. The standard InChI is InChI=1S/C64H94N2O2S4/c1-5-9-13-17-21-23-27-31-37-51(35-29-25-19-15-11-7-3)49-65-61(57-40-34-48-70-57)59-60(64(65)68)62(58-46-45-56(72-58)55-44-43-54(71-55)42-41-53-39-33-47-69-53)66(63(59)67)50-52(36-30-26-20-16-12-8-4)38-32-28-24-22-18-14-10-6-2/h33-34,39-48,51-52H,5-32,35-38,49-50H2,1-4H3/b42-41+. The number of amides is 2. The maximum atomic E-state index is 15.7. The van der Waals surface area contributed by atoms with E-state index >= 15 is 9.59 Å². The van der Waals surface area contributed by atoms with Crippen molar-refractivity contribution in [2.24, 2.45) is 11.8 Å². The number of carbonyl (C=O) groups is 2. The highest BCUT2D eigenvalue weighted by Gasteiger charge is 2.50. The van der Waals surface area contributed by atoms with Crippen LogP contribution < -0.4 is 0 Å². The molecule has 0 N–H and O–H groups in total. The second kappa shape index (κ2) is 33.8.